The molecule has 4 N–H and O–H groups in total. The molecule has 17 heavy (non-hydrogen) atoms. The molecule has 2 aromatic heterocycles. The zero-order valence-electron chi connectivity index (χ0n) is 9.57. The number of aromatic nitrogens is 2. The average Bonchev–Trinajstić information content (AvgIpc) is 2.81. The molecule has 0 aliphatic heterocycles. The summed E-state index contributed by atoms with van der Waals surface area (Å²) in [4.78, 5) is 13.0. The van der Waals surface area contributed by atoms with Crippen LogP contribution in [-0.4, -0.2) is 21.3 Å². The first-order valence-electron chi connectivity index (χ1n) is 5.21. The number of hydrogen-bond donors (Lipinski definition) is 3. The number of carboxylic acid groups (broad SMARTS) is 1. The zero-order valence-corrected chi connectivity index (χ0v) is 10.4. The Morgan fingerprint density at radius 3 is 2.82 bits per heavy atom. The van der Waals surface area contributed by atoms with Crippen molar-refractivity contribution in [1.29, 1.82) is 0 Å². The van der Waals surface area contributed by atoms with E-state index in [0.29, 0.717) is 21.8 Å². The van der Waals surface area contributed by atoms with Crippen LogP contribution in [-0.2, 0) is 6.42 Å². The van der Waals surface area contributed by atoms with Gasteiger partial charge in [-0.25, -0.2) is 4.79 Å². The number of carboxylic acids is 1. The van der Waals surface area contributed by atoms with Crippen molar-refractivity contribution in [3.05, 3.63) is 22.2 Å². The molecule has 0 unspecified atom stereocenters. The standard InChI is InChI=1S/C11H13N3O2S/c1-3-7-5(2)8(11(15)16)10(17-7)9-6(12)4-13-14-9/h4H,3,12H2,1-2H3,(H,13,14)(H,15,16). The molecule has 2 aromatic rings. The maximum Gasteiger partial charge on any atom is 0.337 e. The van der Waals surface area contributed by atoms with Gasteiger partial charge in [0.2, 0.25) is 0 Å². The summed E-state index contributed by atoms with van der Waals surface area (Å²) in [6.45, 7) is 3.83. The molecule has 6 heteroatoms. The van der Waals surface area contributed by atoms with E-state index in [-0.39, 0.29) is 0 Å². The van der Waals surface area contributed by atoms with E-state index in [1.165, 1.54) is 17.5 Å². The van der Waals surface area contributed by atoms with E-state index in [1.54, 1.807) is 0 Å². The highest BCUT2D eigenvalue weighted by molar-refractivity contribution is 7.16. The molecule has 0 aliphatic rings. The molecule has 0 saturated heterocycles. The number of carbonyl (C=O) groups is 1. The summed E-state index contributed by atoms with van der Waals surface area (Å²) >= 11 is 1.45. The molecule has 0 aliphatic carbocycles. The van der Waals surface area contributed by atoms with E-state index < -0.39 is 5.97 Å². The monoisotopic (exact) mass is 251 g/mol. The first-order valence-corrected chi connectivity index (χ1v) is 6.02. The fourth-order valence-electron chi connectivity index (χ4n) is 1.81. The molecule has 0 aromatic carbocycles. The van der Waals surface area contributed by atoms with Crippen LogP contribution in [0, 0.1) is 6.92 Å². The second-order valence-electron chi connectivity index (χ2n) is 3.71. The Labute approximate surface area is 102 Å². The van der Waals surface area contributed by atoms with Crippen LogP contribution in [0.3, 0.4) is 0 Å². The van der Waals surface area contributed by atoms with Gasteiger partial charge in [0.05, 0.1) is 28.0 Å². The van der Waals surface area contributed by atoms with Crippen molar-refractivity contribution in [2.24, 2.45) is 0 Å². The van der Waals surface area contributed by atoms with Crippen molar-refractivity contribution in [2.75, 3.05) is 5.73 Å². The minimum absolute atomic E-state index is 0.322. The van der Waals surface area contributed by atoms with Crippen molar-refractivity contribution in [3.63, 3.8) is 0 Å². The summed E-state index contributed by atoms with van der Waals surface area (Å²) in [6.07, 6.45) is 2.30. The number of nitrogens with zero attached hydrogens (tertiary/aromatic N) is 1. The Balaban J connectivity index is 2.69. The highest BCUT2D eigenvalue weighted by atomic mass is 32.1. The lowest BCUT2D eigenvalue weighted by Gasteiger charge is -1.99. The smallest absolute Gasteiger partial charge is 0.337 e. The van der Waals surface area contributed by atoms with Crippen LogP contribution in [0.4, 0.5) is 5.69 Å². The number of anilines is 1. The molecule has 0 bridgehead atoms. The second-order valence-corrected chi connectivity index (χ2v) is 4.82. The number of aromatic amines is 1. The highest BCUT2D eigenvalue weighted by Gasteiger charge is 2.22. The Bertz CT molecular complexity index is 571. The number of aryl methyl sites for hydroxylation is 1. The lowest BCUT2D eigenvalue weighted by atomic mass is 10.1. The number of nitrogen functional groups attached to an aromatic ring is 1. The van der Waals surface area contributed by atoms with Crippen molar-refractivity contribution >= 4 is 23.0 Å². The third-order valence-electron chi connectivity index (χ3n) is 2.68. The minimum Gasteiger partial charge on any atom is -0.478 e. The van der Waals surface area contributed by atoms with Crippen LogP contribution >= 0.6 is 11.3 Å². The first kappa shape index (κ1) is 11.7. The number of thiophene rings is 1. The predicted molar refractivity (Wildman–Crippen MR) is 67.4 cm³/mol. The quantitative estimate of drug-likeness (QED) is 0.780. The lowest BCUT2D eigenvalue weighted by molar-refractivity contribution is 0.0697. The van der Waals surface area contributed by atoms with Crippen LogP contribution in [0.1, 0.15) is 27.7 Å². The molecular weight excluding hydrogens is 238 g/mol. The molecule has 90 valence electrons. The molecule has 0 amide bonds. The van der Waals surface area contributed by atoms with Gasteiger partial charge in [0.15, 0.2) is 0 Å². The number of H-pyrrole nitrogens is 1. The lowest BCUT2D eigenvalue weighted by Crippen LogP contribution is -2.00. The molecule has 0 spiro atoms. The zero-order chi connectivity index (χ0) is 12.6. The van der Waals surface area contributed by atoms with Gasteiger partial charge in [0.1, 0.15) is 0 Å². The Kier molecular flexibility index (Phi) is 2.89. The van der Waals surface area contributed by atoms with Gasteiger partial charge in [-0.05, 0) is 18.9 Å². The third-order valence-corrected chi connectivity index (χ3v) is 4.13. The van der Waals surface area contributed by atoms with E-state index >= 15 is 0 Å². The summed E-state index contributed by atoms with van der Waals surface area (Å²) < 4.78 is 0. The Morgan fingerprint density at radius 2 is 2.35 bits per heavy atom. The van der Waals surface area contributed by atoms with Gasteiger partial charge in [-0.1, -0.05) is 6.92 Å². The molecule has 0 radical (unpaired) electrons. The normalized spacial score (nSPS) is 10.7. The molecule has 5 nitrogen and oxygen atoms in total. The van der Waals surface area contributed by atoms with Gasteiger partial charge >= 0.3 is 5.97 Å². The van der Waals surface area contributed by atoms with Crippen molar-refractivity contribution in [1.82, 2.24) is 10.2 Å². The Morgan fingerprint density at radius 1 is 1.65 bits per heavy atom. The first-order chi connectivity index (χ1) is 8.06. The fourth-order valence-corrected chi connectivity index (χ4v) is 3.06. The number of aromatic carboxylic acids is 1. The molecule has 0 fully saturated rings. The second kappa shape index (κ2) is 4.21. The molecule has 0 saturated carbocycles. The van der Waals surface area contributed by atoms with Crippen molar-refractivity contribution < 1.29 is 9.90 Å². The minimum atomic E-state index is -0.928. The van der Waals surface area contributed by atoms with Crippen LogP contribution in [0.5, 0.6) is 0 Å². The molecule has 2 rings (SSSR count). The average molecular weight is 251 g/mol. The summed E-state index contributed by atoms with van der Waals surface area (Å²) in [6, 6.07) is 0. The maximum absolute atomic E-state index is 11.3. The summed E-state index contributed by atoms with van der Waals surface area (Å²) in [5.41, 5.74) is 7.96. The van der Waals surface area contributed by atoms with Crippen molar-refractivity contribution in [3.8, 4) is 10.6 Å². The van der Waals surface area contributed by atoms with Gasteiger partial charge in [-0.3, -0.25) is 5.10 Å². The van der Waals surface area contributed by atoms with E-state index in [1.807, 2.05) is 13.8 Å². The highest BCUT2D eigenvalue weighted by Crippen LogP contribution is 2.37. The van der Waals surface area contributed by atoms with Gasteiger partial charge in [0.25, 0.3) is 0 Å². The van der Waals surface area contributed by atoms with Gasteiger partial charge in [0, 0.05) is 4.88 Å². The summed E-state index contributed by atoms with van der Waals surface area (Å²) in [7, 11) is 0. The number of nitrogens with one attached hydrogen (secondary N) is 1. The van der Waals surface area contributed by atoms with E-state index in [0.717, 1.165) is 16.9 Å². The number of nitrogens with two attached hydrogens (primary N) is 1. The SMILES string of the molecule is CCc1sc(-c2[nH]ncc2N)c(C(=O)O)c1C. The molecular formula is C11H13N3O2S. The van der Waals surface area contributed by atoms with Gasteiger partial charge in [-0.2, -0.15) is 5.10 Å². The Hall–Kier alpha value is -1.82. The van der Waals surface area contributed by atoms with E-state index in [4.69, 9.17) is 5.73 Å². The topological polar surface area (TPSA) is 92.0 Å². The van der Waals surface area contributed by atoms with E-state index in [9.17, 15) is 9.90 Å². The molecule has 0 atom stereocenters. The maximum atomic E-state index is 11.3. The summed E-state index contributed by atoms with van der Waals surface area (Å²) in [5.74, 6) is -0.928. The summed E-state index contributed by atoms with van der Waals surface area (Å²) in [5, 5.41) is 15.9. The van der Waals surface area contributed by atoms with Crippen molar-refractivity contribution in [2.45, 2.75) is 20.3 Å². The van der Waals surface area contributed by atoms with Crippen LogP contribution in [0.15, 0.2) is 6.20 Å². The molecule has 2 heterocycles. The largest absolute Gasteiger partial charge is 0.478 e. The van der Waals surface area contributed by atoms with Crippen LogP contribution in [0.2, 0.25) is 0 Å². The predicted octanol–water partition coefficient (Wildman–Crippen LogP) is 2.29. The van der Waals surface area contributed by atoms with Gasteiger partial charge < -0.3 is 10.8 Å². The van der Waals surface area contributed by atoms with Crippen LogP contribution in [0.25, 0.3) is 10.6 Å². The van der Waals surface area contributed by atoms with Crippen LogP contribution < -0.4 is 5.73 Å². The third kappa shape index (κ3) is 1.80. The number of rotatable bonds is 3. The fraction of sp³-hybridized carbons (Fsp3) is 0.273. The number of hydrogen-bond acceptors (Lipinski definition) is 4. The van der Waals surface area contributed by atoms with E-state index in [2.05, 4.69) is 10.2 Å². The van der Waals surface area contributed by atoms with Gasteiger partial charge in [-0.15, -0.1) is 11.3 Å².